The molecule has 1 N–H and O–H groups in total. The first-order chi connectivity index (χ1) is 17.1. The van der Waals surface area contributed by atoms with Gasteiger partial charge in [-0.3, -0.25) is 9.69 Å². The Morgan fingerprint density at radius 2 is 1.97 bits per heavy atom. The maximum Gasteiger partial charge on any atom is 0.255 e. The van der Waals surface area contributed by atoms with Crippen molar-refractivity contribution in [3.63, 3.8) is 0 Å². The molecule has 6 heteroatoms. The second-order valence-electron chi connectivity index (χ2n) is 10.1. The van der Waals surface area contributed by atoms with Crippen LogP contribution in [-0.4, -0.2) is 47.8 Å². The highest BCUT2D eigenvalue weighted by molar-refractivity contribution is 6.00. The van der Waals surface area contributed by atoms with Crippen molar-refractivity contribution >= 4 is 18.0 Å². The molecule has 2 aliphatic rings. The molecule has 1 unspecified atom stereocenters. The minimum atomic E-state index is -0.441. The van der Waals surface area contributed by atoms with Crippen molar-refractivity contribution in [1.82, 2.24) is 15.2 Å². The average Bonchev–Trinajstić information content (AvgIpc) is 2.91. The van der Waals surface area contributed by atoms with Crippen molar-refractivity contribution < 1.29 is 9.59 Å². The lowest BCUT2D eigenvalue weighted by Crippen LogP contribution is -2.39. The zero-order chi connectivity index (χ0) is 24.6. The van der Waals surface area contributed by atoms with E-state index in [2.05, 4.69) is 52.1 Å². The molecule has 35 heavy (non-hydrogen) atoms. The van der Waals surface area contributed by atoms with Crippen molar-refractivity contribution in [3.05, 3.63) is 58.8 Å². The molecular formula is C29H40N4O2. The van der Waals surface area contributed by atoms with E-state index >= 15 is 0 Å². The van der Waals surface area contributed by atoms with Crippen molar-refractivity contribution in [1.29, 1.82) is 0 Å². The number of carbonyl (C=O) groups excluding carboxylic acids is 2. The molecule has 0 radical (unpaired) electrons. The van der Waals surface area contributed by atoms with Crippen LogP contribution in [0.1, 0.15) is 79.4 Å². The van der Waals surface area contributed by atoms with Crippen molar-refractivity contribution in [2.24, 2.45) is 5.92 Å². The first-order valence-electron chi connectivity index (χ1n) is 13.4. The topological polar surface area (TPSA) is 65.5 Å². The lowest BCUT2D eigenvalue weighted by molar-refractivity contribution is -0.109. The quantitative estimate of drug-likeness (QED) is 0.501. The number of rotatable bonds is 10. The Labute approximate surface area is 210 Å². The molecule has 6 nitrogen and oxygen atoms in total. The number of anilines is 1. The number of nitrogens with one attached hydrogen (secondary N) is 1. The van der Waals surface area contributed by atoms with Crippen LogP contribution in [0, 0.1) is 5.92 Å². The molecule has 4 rings (SSSR count). The molecule has 0 saturated heterocycles. The van der Waals surface area contributed by atoms with Gasteiger partial charge in [0.2, 0.25) is 0 Å². The van der Waals surface area contributed by atoms with Gasteiger partial charge < -0.3 is 15.0 Å². The molecule has 188 valence electrons. The molecule has 1 aromatic heterocycles. The molecule has 0 bridgehead atoms. The average molecular weight is 477 g/mol. The monoisotopic (exact) mass is 476 g/mol. The van der Waals surface area contributed by atoms with Crippen LogP contribution in [0.2, 0.25) is 0 Å². The van der Waals surface area contributed by atoms with Crippen LogP contribution >= 0.6 is 0 Å². The first-order valence-corrected chi connectivity index (χ1v) is 13.4. The summed E-state index contributed by atoms with van der Waals surface area (Å²) in [6.07, 6.45) is 10.4. The summed E-state index contributed by atoms with van der Waals surface area (Å²) < 4.78 is 0. The van der Waals surface area contributed by atoms with Crippen LogP contribution in [0.15, 0.2) is 36.5 Å². The summed E-state index contributed by atoms with van der Waals surface area (Å²) in [5, 5.41) is 2.99. The number of hydrogen-bond donors (Lipinski definition) is 1. The third-order valence-electron chi connectivity index (χ3n) is 7.71. The third-order valence-corrected chi connectivity index (χ3v) is 7.71. The standard InChI is InChI=1S/C29H40N4O2/c1-3-32(4-2)19-23-12-13-24-14-16-33(20-25(24)17-23)28-27(11-8-15-30-28)29(35)31-26(21-34)18-22-9-6-5-7-10-22/h8,11-13,15,17,21-22,26H,3-7,9-10,14,16,18-20H2,1-2H3,(H,31,35). The lowest BCUT2D eigenvalue weighted by Gasteiger charge is -2.32. The highest BCUT2D eigenvalue weighted by Crippen LogP contribution is 2.29. The normalized spacial score (nSPS) is 17.2. The number of benzene rings is 1. The van der Waals surface area contributed by atoms with E-state index in [0.29, 0.717) is 17.3 Å². The summed E-state index contributed by atoms with van der Waals surface area (Å²) >= 11 is 0. The van der Waals surface area contributed by atoms with Gasteiger partial charge in [0.1, 0.15) is 12.1 Å². The maximum absolute atomic E-state index is 13.3. The Bertz CT molecular complexity index is 998. The summed E-state index contributed by atoms with van der Waals surface area (Å²) in [6.45, 7) is 8.97. The molecule has 1 atom stereocenters. The SMILES string of the molecule is CCN(CC)Cc1ccc2c(c1)CN(c1ncccc1C(=O)NC(C=O)CC1CCCCC1)CC2. The molecule has 1 amide bonds. The van der Waals surface area contributed by atoms with Gasteiger partial charge in [-0.1, -0.05) is 64.2 Å². The zero-order valence-corrected chi connectivity index (χ0v) is 21.3. The van der Waals surface area contributed by atoms with E-state index in [-0.39, 0.29) is 5.91 Å². The summed E-state index contributed by atoms with van der Waals surface area (Å²) in [4.78, 5) is 34.3. The Balaban J connectivity index is 1.47. The van der Waals surface area contributed by atoms with Gasteiger partial charge in [0.25, 0.3) is 5.91 Å². The van der Waals surface area contributed by atoms with Gasteiger partial charge in [-0.25, -0.2) is 4.98 Å². The minimum absolute atomic E-state index is 0.206. The Morgan fingerprint density at radius 3 is 2.71 bits per heavy atom. The van der Waals surface area contributed by atoms with Crippen LogP contribution in [-0.2, 0) is 24.3 Å². The minimum Gasteiger partial charge on any atom is -0.351 e. The van der Waals surface area contributed by atoms with E-state index in [1.54, 1.807) is 12.3 Å². The van der Waals surface area contributed by atoms with E-state index in [4.69, 9.17) is 0 Å². The molecule has 1 aliphatic heterocycles. The lowest BCUT2D eigenvalue weighted by atomic mass is 9.85. The number of amides is 1. The Kier molecular flexibility index (Phi) is 8.91. The van der Waals surface area contributed by atoms with Gasteiger partial charge >= 0.3 is 0 Å². The fourth-order valence-corrected chi connectivity index (χ4v) is 5.60. The molecular weight excluding hydrogens is 436 g/mol. The molecule has 2 aromatic rings. The highest BCUT2D eigenvalue weighted by Gasteiger charge is 2.25. The van der Waals surface area contributed by atoms with E-state index in [1.807, 2.05) is 6.07 Å². The van der Waals surface area contributed by atoms with Crippen LogP contribution in [0.3, 0.4) is 0 Å². The first kappa shape index (κ1) is 25.4. The van der Waals surface area contributed by atoms with Crippen molar-refractivity contribution in [3.8, 4) is 0 Å². The number of aldehydes is 1. The van der Waals surface area contributed by atoms with E-state index in [9.17, 15) is 9.59 Å². The van der Waals surface area contributed by atoms with Crippen molar-refractivity contribution in [2.45, 2.75) is 77.9 Å². The van der Waals surface area contributed by atoms with E-state index < -0.39 is 6.04 Å². The van der Waals surface area contributed by atoms with Gasteiger partial charge in [-0.15, -0.1) is 0 Å². The van der Waals surface area contributed by atoms with Crippen LogP contribution in [0.4, 0.5) is 5.82 Å². The number of nitrogens with zero attached hydrogens (tertiary/aromatic N) is 3. The van der Waals surface area contributed by atoms with Crippen LogP contribution in [0.25, 0.3) is 0 Å². The summed E-state index contributed by atoms with van der Waals surface area (Å²) in [6, 6.07) is 10.0. The molecule has 2 heterocycles. The second kappa shape index (κ2) is 12.3. The molecule has 0 spiro atoms. The number of hydrogen-bond acceptors (Lipinski definition) is 5. The van der Waals surface area contributed by atoms with Gasteiger partial charge in [-0.2, -0.15) is 0 Å². The number of pyridine rings is 1. The third kappa shape index (κ3) is 6.49. The van der Waals surface area contributed by atoms with Crippen LogP contribution in [0.5, 0.6) is 0 Å². The molecule has 1 aromatic carbocycles. The summed E-state index contributed by atoms with van der Waals surface area (Å²) in [5.41, 5.74) is 4.55. The Hall–Kier alpha value is -2.73. The fourth-order valence-electron chi connectivity index (χ4n) is 5.60. The number of fused-ring (bicyclic) bond motifs is 1. The van der Waals surface area contributed by atoms with Crippen LogP contribution < -0.4 is 10.2 Å². The highest BCUT2D eigenvalue weighted by atomic mass is 16.2. The summed E-state index contributed by atoms with van der Waals surface area (Å²) in [7, 11) is 0. The molecule has 1 saturated carbocycles. The predicted molar refractivity (Wildman–Crippen MR) is 141 cm³/mol. The van der Waals surface area contributed by atoms with E-state index in [0.717, 1.165) is 64.7 Å². The smallest absolute Gasteiger partial charge is 0.255 e. The van der Waals surface area contributed by atoms with E-state index in [1.165, 1.54) is 36.0 Å². The second-order valence-corrected chi connectivity index (χ2v) is 10.1. The predicted octanol–water partition coefficient (Wildman–Crippen LogP) is 4.75. The summed E-state index contributed by atoms with van der Waals surface area (Å²) in [5.74, 6) is 1.02. The number of carbonyl (C=O) groups is 2. The zero-order valence-electron chi connectivity index (χ0n) is 21.3. The van der Waals surface area contributed by atoms with Gasteiger partial charge in [-0.05, 0) is 60.7 Å². The van der Waals surface area contributed by atoms with Gasteiger partial charge in [0, 0.05) is 25.8 Å². The fraction of sp³-hybridized carbons (Fsp3) is 0.552. The van der Waals surface area contributed by atoms with Gasteiger partial charge in [0.15, 0.2) is 0 Å². The van der Waals surface area contributed by atoms with Crippen molar-refractivity contribution in [2.75, 3.05) is 24.5 Å². The maximum atomic E-state index is 13.3. The van der Waals surface area contributed by atoms with Gasteiger partial charge in [0.05, 0.1) is 11.6 Å². The number of aromatic nitrogens is 1. The largest absolute Gasteiger partial charge is 0.351 e. The molecule has 1 fully saturated rings. The molecule has 1 aliphatic carbocycles. The Morgan fingerprint density at radius 1 is 1.17 bits per heavy atom.